The van der Waals surface area contributed by atoms with Gasteiger partial charge < -0.3 is 15.2 Å². The van der Waals surface area contributed by atoms with Gasteiger partial charge in [0.1, 0.15) is 12.1 Å². The van der Waals surface area contributed by atoms with E-state index in [1.165, 1.54) is 41.7 Å². The van der Waals surface area contributed by atoms with Gasteiger partial charge in [-0.15, -0.1) is 0 Å². The molecule has 0 radical (unpaired) electrons. The number of aromatic nitrogens is 4. The number of ether oxygens (including phenoxy) is 2. The van der Waals surface area contributed by atoms with Crippen LogP contribution in [0.2, 0.25) is 0 Å². The van der Waals surface area contributed by atoms with Gasteiger partial charge in [0.05, 0.1) is 24.3 Å². The van der Waals surface area contributed by atoms with Crippen LogP contribution in [0.25, 0.3) is 10.9 Å². The number of nitrogen functional groups attached to an aromatic ring is 1. The van der Waals surface area contributed by atoms with E-state index in [1.54, 1.807) is 12.1 Å². The van der Waals surface area contributed by atoms with E-state index in [4.69, 9.17) is 15.2 Å². The molecule has 0 unspecified atom stereocenters. The molecule has 2 aromatic heterocycles. The average molecular weight is 533 g/mol. The maximum atomic E-state index is 13.0. The molecule has 1 aliphatic heterocycles. The van der Waals surface area contributed by atoms with Crippen molar-refractivity contribution in [3.8, 4) is 11.5 Å². The lowest BCUT2D eigenvalue weighted by Gasteiger charge is -2.33. The molecule has 0 spiro atoms. The molecule has 198 valence electrons. The molecule has 0 aliphatic carbocycles. The number of carbonyl (C=O) groups excluding carboxylic acids is 1. The minimum absolute atomic E-state index is 0.00137. The van der Waals surface area contributed by atoms with Gasteiger partial charge in [0.15, 0.2) is 11.5 Å². The molecule has 4 rings (SSSR count). The summed E-state index contributed by atoms with van der Waals surface area (Å²) < 4.78 is 37.5. The molecule has 3 aromatic rings. The van der Waals surface area contributed by atoms with Crippen molar-refractivity contribution < 1.29 is 22.7 Å². The Balaban J connectivity index is 1.51. The Morgan fingerprint density at radius 3 is 2.46 bits per heavy atom. The standard InChI is InChI=1S/C22H28N8O6S/c1-28-20(32)15-4-5-16(36-11-10-29-6-8-30(9-7-29)37(3,33)34)18(35-2)17(15)26-22(28)27-19(31)14-12-24-21(23)25-13-14/h4-5,12-13H,6-11H2,1-3H3,(H2,23,24,25)(H,26,27,31). The SMILES string of the molecule is COc1c(OCCN2CCN(S(C)(=O)=O)CC2)ccc2c(=O)n(C)c(NC(=O)c3cnc(N)nc3)nc12. The summed E-state index contributed by atoms with van der Waals surface area (Å²) in [6.45, 7) is 2.96. The van der Waals surface area contributed by atoms with E-state index in [-0.39, 0.29) is 39.7 Å². The van der Waals surface area contributed by atoms with Crippen LogP contribution in [-0.2, 0) is 17.1 Å². The number of amides is 1. The molecule has 1 saturated heterocycles. The van der Waals surface area contributed by atoms with Crippen LogP contribution in [0, 0.1) is 0 Å². The monoisotopic (exact) mass is 532 g/mol. The molecule has 3 heterocycles. The van der Waals surface area contributed by atoms with Crippen LogP contribution >= 0.6 is 0 Å². The van der Waals surface area contributed by atoms with Crippen molar-refractivity contribution in [1.29, 1.82) is 0 Å². The summed E-state index contributed by atoms with van der Waals surface area (Å²) >= 11 is 0. The Bertz CT molecular complexity index is 1470. The second kappa shape index (κ2) is 10.7. The highest BCUT2D eigenvalue weighted by atomic mass is 32.2. The van der Waals surface area contributed by atoms with Gasteiger partial charge in [-0.2, -0.15) is 4.31 Å². The quantitative estimate of drug-likeness (QED) is 0.383. The Hall–Kier alpha value is -3.82. The number of fused-ring (bicyclic) bond motifs is 1. The molecule has 1 aromatic carbocycles. The fourth-order valence-electron chi connectivity index (χ4n) is 3.92. The Labute approximate surface area is 213 Å². The zero-order chi connectivity index (χ0) is 26.7. The number of hydrogen-bond acceptors (Lipinski definition) is 11. The van der Waals surface area contributed by atoms with Gasteiger partial charge >= 0.3 is 0 Å². The predicted octanol–water partition coefficient (Wildman–Crippen LogP) is -0.477. The van der Waals surface area contributed by atoms with Crippen molar-refractivity contribution in [3.05, 3.63) is 40.4 Å². The van der Waals surface area contributed by atoms with Gasteiger partial charge in [0, 0.05) is 52.2 Å². The summed E-state index contributed by atoms with van der Waals surface area (Å²) in [5.74, 6) is 0.0991. The molecule has 37 heavy (non-hydrogen) atoms. The molecule has 1 aliphatic rings. The van der Waals surface area contributed by atoms with Crippen LogP contribution in [0.1, 0.15) is 10.4 Å². The summed E-state index contributed by atoms with van der Waals surface area (Å²) in [7, 11) is -0.261. The fourth-order valence-corrected chi connectivity index (χ4v) is 4.74. The highest BCUT2D eigenvalue weighted by molar-refractivity contribution is 7.88. The second-order valence-electron chi connectivity index (χ2n) is 8.43. The smallest absolute Gasteiger partial charge is 0.262 e. The van der Waals surface area contributed by atoms with Crippen LogP contribution < -0.4 is 26.1 Å². The van der Waals surface area contributed by atoms with Crippen molar-refractivity contribution in [2.75, 3.05) is 63.7 Å². The fraction of sp³-hybridized carbons (Fsp3) is 0.409. The lowest BCUT2D eigenvalue weighted by Crippen LogP contribution is -2.49. The topological polar surface area (TPSA) is 175 Å². The number of nitrogens with zero attached hydrogens (tertiary/aromatic N) is 6. The molecular weight excluding hydrogens is 504 g/mol. The maximum Gasteiger partial charge on any atom is 0.262 e. The molecule has 0 bridgehead atoms. The van der Waals surface area contributed by atoms with Crippen molar-refractivity contribution >= 4 is 38.7 Å². The number of methoxy groups -OCH3 is 1. The number of carbonyl (C=O) groups is 1. The summed E-state index contributed by atoms with van der Waals surface area (Å²) in [5.41, 5.74) is 5.45. The first-order valence-electron chi connectivity index (χ1n) is 11.4. The first-order chi connectivity index (χ1) is 17.6. The number of hydrogen-bond donors (Lipinski definition) is 2. The Kier molecular flexibility index (Phi) is 7.56. The van der Waals surface area contributed by atoms with E-state index in [2.05, 4.69) is 25.2 Å². The Morgan fingerprint density at radius 2 is 1.84 bits per heavy atom. The summed E-state index contributed by atoms with van der Waals surface area (Å²) in [6.07, 6.45) is 3.75. The van der Waals surface area contributed by atoms with E-state index in [9.17, 15) is 18.0 Å². The highest BCUT2D eigenvalue weighted by Gasteiger charge is 2.23. The first kappa shape index (κ1) is 26.2. The van der Waals surface area contributed by atoms with Gasteiger partial charge in [0.25, 0.3) is 11.5 Å². The van der Waals surface area contributed by atoms with E-state index >= 15 is 0 Å². The third-order valence-electron chi connectivity index (χ3n) is 5.99. The molecule has 0 saturated carbocycles. The molecule has 1 amide bonds. The van der Waals surface area contributed by atoms with Crippen LogP contribution in [-0.4, -0.2) is 95.7 Å². The van der Waals surface area contributed by atoms with Gasteiger partial charge in [0.2, 0.25) is 21.9 Å². The van der Waals surface area contributed by atoms with E-state index in [1.807, 2.05) is 0 Å². The van der Waals surface area contributed by atoms with Crippen molar-refractivity contribution in [2.24, 2.45) is 7.05 Å². The summed E-state index contributed by atoms with van der Waals surface area (Å²) in [4.78, 5) is 39.8. The van der Waals surface area contributed by atoms with E-state index < -0.39 is 15.9 Å². The molecule has 3 N–H and O–H groups in total. The first-order valence-corrected chi connectivity index (χ1v) is 13.2. The van der Waals surface area contributed by atoms with Gasteiger partial charge in [-0.1, -0.05) is 0 Å². The number of piperazine rings is 1. The van der Waals surface area contributed by atoms with Crippen LogP contribution in [0.15, 0.2) is 29.3 Å². The van der Waals surface area contributed by atoms with Crippen molar-refractivity contribution in [3.63, 3.8) is 0 Å². The molecule has 1 fully saturated rings. The second-order valence-corrected chi connectivity index (χ2v) is 10.4. The molecule has 0 atom stereocenters. The number of sulfonamides is 1. The molecular formula is C22H28N8O6S. The van der Waals surface area contributed by atoms with Crippen LogP contribution in [0.3, 0.4) is 0 Å². The number of rotatable bonds is 8. The predicted molar refractivity (Wildman–Crippen MR) is 136 cm³/mol. The molecule has 14 nitrogen and oxygen atoms in total. The molecule has 15 heteroatoms. The lowest BCUT2D eigenvalue weighted by molar-refractivity contribution is 0.102. The van der Waals surface area contributed by atoms with Gasteiger partial charge in [-0.3, -0.25) is 24.4 Å². The number of anilines is 2. The van der Waals surface area contributed by atoms with Gasteiger partial charge in [-0.25, -0.2) is 23.4 Å². The Morgan fingerprint density at radius 1 is 1.16 bits per heavy atom. The highest BCUT2D eigenvalue weighted by Crippen LogP contribution is 2.33. The van der Waals surface area contributed by atoms with Gasteiger partial charge in [-0.05, 0) is 12.1 Å². The van der Waals surface area contributed by atoms with Crippen LogP contribution in [0.5, 0.6) is 11.5 Å². The largest absolute Gasteiger partial charge is 0.491 e. The summed E-state index contributed by atoms with van der Waals surface area (Å²) in [6, 6.07) is 3.22. The summed E-state index contributed by atoms with van der Waals surface area (Å²) in [5, 5.41) is 2.88. The third-order valence-corrected chi connectivity index (χ3v) is 7.30. The average Bonchev–Trinajstić information content (AvgIpc) is 2.87. The van der Waals surface area contributed by atoms with E-state index in [0.717, 1.165) is 0 Å². The third kappa shape index (κ3) is 5.79. The van der Waals surface area contributed by atoms with Crippen molar-refractivity contribution in [2.45, 2.75) is 0 Å². The zero-order valence-electron chi connectivity index (χ0n) is 20.7. The van der Waals surface area contributed by atoms with Crippen molar-refractivity contribution in [1.82, 2.24) is 28.7 Å². The normalized spacial score (nSPS) is 15.0. The maximum absolute atomic E-state index is 13.0. The number of nitrogens with one attached hydrogen (secondary N) is 1. The van der Waals surface area contributed by atoms with E-state index in [0.29, 0.717) is 45.1 Å². The zero-order valence-corrected chi connectivity index (χ0v) is 21.5. The number of nitrogens with two attached hydrogens (primary N) is 1. The minimum Gasteiger partial charge on any atom is -0.491 e. The minimum atomic E-state index is -3.19. The number of benzene rings is 1. The lowest BCUT2D eigenvalue weighted by atomic mass is 10.2. The van der Waals surface area contributed by atoms with Crippen LogP contribution in [0.4, 0.5) is 11.9 Å².